The summed E-state index contributed by atoms with van der Waals surface area (Å²) in [6, 6.07) is 0.317. The van der Waals surface area contributed by atoms with E-state index in [0.717, 1.165) is 25.1 Å². The van der Waals surface area contributed by atoms with Crippen LogP contribution in [0.2, 0.25) is 0 Å². The third-order valence-corrected chi connectivity index (χ3v) is 2.81. The van der Waals surface area contributed by atoms with Crippen molar-refractivity contribution in [1.82, 2.24) is 14.8 Å². The molecule has 1 aromatic heterocycles. The highest BCUT2D eigenvalue weighted by atomic mass is 16.1. The summed E-state index contributed by atoms with van der Waals surface area (Å²) >= 11 is 0. The second-order valence-corrected chi connectivity index (χ2v) is 4.51. The van der Waals surface area contributed by atoms with E-state index >= 15 is 0 Å². The van der Waals surface area contributed by atoms with Crippen molar-refractivity contribution >= 4 is 5.78 Å². The minimum atomic E-state index is 0.247. The summed E-state index contributed by atoms with van der Waals surface area (Å²) in [5.74, 6) is 1.20. The Balaban J connectivity index is 2.14. The molecule has 0 fully saturated rings. The van der Waals surface area contributed by atoms with Crippen molar-refractivity contribution in [3.63, 3.8) is 0 Å². The first-order chi connectivity index (χ1) is 7.66. The van der Waals surface area contributed by atoms with Crippen LogP contribution < -0.4 is 0 Å². The quantitative estimate of drug-likeness (QED) is 0.782. The second kappa shape index (κ2) is 4.60. The van der Waals surface area contributed by atoms with Crippen molar-refractivity contribution in [3.05, 3.63) is 23.8 Å². The first-order valence-corrected chi connectivity index (χ1v) is 5.77. The summed E-state index contributed by atoms with van der Waals surface area (Å²) in [6.45, 7) is 4.16. The third kappa shape index (κ3) is 2.38. The van der Waals surface area contributed by atoms with Gasteiger partial charge < -0.3 is 0 Å². The molecule has 1 aliphatic rings. The van der Waals surface area contributed by atoms with E-state index in [1.54, 1.807) is 12.4 Å². The molecule has 2 rings (SSSR count). The molecular weight excluding hydrogens is 202 g/mol. The van der Waals surface area contributed by atoms with Gasteiger partial charge in [-0.15, -0.1) is 0 Å². The Hall–Kier alpha value is -1.45. The molecule has 0 saturated carbocycles. The Morgan fingerprint density at radius 2 is 2.25 bits per heavy atom. The largest absolute Gasteiger partial charge is 0.295 e. The van der Waals surface area contributed by atoms with Crippen molar-refractivity contribution in [2.75, 3.05) is 0 Å². The highest BCUT2D eigenvalue weighted by Crippen LogP contribution is 2.19. The predicted octanol–water partition coefficient (Wildman–Crippen LogP) is 2.08. The number of rotatable bonds is 3. The Kier molecular flexibility index (Phi) is 3.17. The van der Waals surface area contributed by atoms with Gasteiger partial charge in [0.2, 0.25) is 0 Å². The molecule has 1 aliphatic carbocycles. The van der Waals surface area contributed by atoms with Crippen LogP contribution in [0.4, 0.5) is 0 Å². The third-order valence-electron chi connectivity index (χ3n) is 2.81. The number of carbonyl (C=O) groups excluding carboxylic acids is 1. The molecule has 4 heteroatoms. The topological polar surface area (TPSA) is 47.8 Å². The lowest BCUT2D eigenvalue weighted by molar-refractivity contribution is -0.115. The number of nitrogens with zero attached hydrogens (tertiary/aromatic N) is 3. The van der Waals surface area contributed by atoms with E-state index in [-0.39, 0.29) is 5.78 Å². The van der Waals surface area contributed by atoms with Crippen LogP contribution in [0.5, 0.6) is 0 Å². The van der Waals surface area contributed by atoms with Crippen LogP contribution in [0, 0.1) is 0 Å². The maximum absolute atomic E-state index is 11.3. The van der Waals surface area contributed by atoms with E-state index in [1.807, 2.05) is 4.68 Å². The molecular formula is C12H17N3O. The molecule has 0 spiro atoms. The molecule has 1 aromatic rings. The summed E-state index contributed by atoms with van der Waals surface area (Å²) in [4.78, 5) is 15.6. The molecule has 86 valence electrons. The zero-order chi connectivity index (χ0) is 11.5. The van der Waals surface area contributed by atoms with E-state index in [0.29, 0.717) is 12.5 Å². The summed E-state index contributed by atoms with van der Waals surface area (Å²) in [6.07, 6.45) is 6.80. The van der Waals surface area contributed by atoms with Crippen LogP contribution in [0.15, 0.2) is 18.0 Å². The van der Waals surface area contributed by atoms with Crippen molar-refractivity contribution in [2.45, 2.75) is 45.6 Å². The molecule has 0 radical (unpaired) electrons. The molecule has 1 heterocycles. The molecule has 0 N–H and O–H groups in total. The van der Waals surface area contributed by atoms with Gasteiger partial charge in [-0.3, -0.25) is 4.79 Å². The highest BCUT2D eigenvalue weighted by Gasteiger charge is 2.14. The van der Waals surface area contributed by atoms with Gasteiger partial charge in [0, 0.05) is 18.9 Å². The number of carbonyl (C=O) groups is 1. The molecule has 0 aliphatic heterocycles. The summed E-state index contributed by atoms with van der Waals surface area (Å²) in [5, 5.41) is 4.19. The summed E-state index contributed by atoms with van der Waals surface area (Å²) < 4.78 is 1.92. The van der Waals surface area contributed by atoms with Crippen LogP contribution in [0.25, 0.3) is 0 Å². The van der Waals surface area contributed by atoms with Crippen LogP contribution in [0.1, 0.15) is 45.0 Å². The van der Waals surface area contributed by atoms with Gasteiger partial charge in [0.05, 0.1) is 0 Å². The SMILES string of the molecule is CC(C)n1ncnc1CC1=CC(=O)CCC1. The molecule has 0 saturated heterocycles. The number of hydrogen-bond donors (Lipinski definition) is 0. The molecule has 0 unspecified atom stereocenters. The Morgan fingerprint density at radius 3 is 2.94 bits per heavy atom. The lowest BCUT2D eigenvalue weighted by Gasteiger charge is -2.13. The number of allylic oxidation sites excluding steroid dienone is 2. The van der Waals surface area contributed by atoms with Crippen LogP contribution in [-0.4, -0.2) is 20.5 Å². The van der Waals surface area contributed by atoms with Crippen molar-refractivity contribution in [1.29, 1.82) is 0 Å². The van der Waals surface area contributed by atoms with Crippen LogP contribution in [0.3, 0.4) is 0 Å². The van der Waals surface area contributed by atoms with E-state index in [9.17, 15) is 4.79 Å². The second-order valence-electron chi connectivity index (χ2n) is 4.51. The van der Waals surface area contributed by atoms with Gasteiger partial charge in [-0.2, -0.15) is 5.10 Å². The van der Waals surface area contributed by atoms with Crippen molar-refractivity contribution in [2.24, 2.45) is 0 Å². The minimum Gasteiger partial charge on any atom is -0.295 e. The Bertz CT molecular complexity index is 418. The first kappa shape index (κ1) is 11.0. The Morgan fingerprint density at radius 1 is 1.44 bits per heavy atom. The van der Waals surface area contributed by atoms with Gasteiger partial charge in [-0.1, -0.05) is 5.57 Å². The molecule has 4 nitrogen and oxygen atoms in total. The smallest absolute Gasteiger partial charge is 0.155 e. The normalized spacial score (nSPS) is 16.7. The van der Waals surface area contributed by atoms with E-state index in [1.165, 1.54) is 5.57 Å². The fourth-order valence-corrected chi connectivity index (χ4v) is 2.04. The van der Waals surface area contributed by atoms with E-state index in [4.69, 9.17) is 0 Å². The maximum atomic E-state index is 11.3. The molecule has 16 heavy (non-hydrogen) atoms. The van der Waals surface area contributed by atoms with Gasteiger partial charge in [0.25, 0.3) is 0 Å². The van der Waals surface area contributed by atoms with E-state index in [2.05, 4.69) is 23.9 Å². The number of ketones is 1. The minimum absolute atomic E-state index is 0.247. The molecule has 0 aromatic carbocycles. The van der Waals surface area contributed by atoms with Crippen molar-refractivity contribution < 1.29 is 4.79 Å². The Labute approximate surface area is 95.4 Å². The highest BCUT2D eigenvalue weighted by molar-refractivity contribution is 5.91. The van der Waals surface area contributed by atoms with Gasteiger partial charge in [-0.05, 0) is 32.8 Å². The maximum Gasteiger partial charge on any atom is 0.155 e. The molecule has 0 amide bonds. The fourth-order valence-electron chi connectivity index (χ4n) is 2.04. The van der Waals surface area contributed by atoms with Crippen LogP contribution in [-0.2, 0) is 11.2 Å². The van der Waals surface area contributed by atoms with Gasteiger partial charge in [-0.25, -0.2) is 9.67 Å². The van der Waals surface area contributed by atoms with Crippen molar-refractivity contribution in [3.8, 4) is 0 Å². The average molecular weight is 219 g/mol. The summed E-state index contributed by atoms with van der Waals surface area (Å²) in [7, 11) is 0. The lowest BCUT2D eigenvalue weighted by atomic mass is 9.96. The van der Waals surface area contributed by atoms with Gasteiger partial charge in [0.15, 0.2) is 5.78 Å². The zero-order valence-corrected chi connectivity index (χ0v) is 9.81. The summed E-state index contributed by atoms with van der Waals surface area (Å²) in [5.41, 5.74) is 1.19. The number of aromatic nitrogens is 3. The van der Waals surface area contributed by atoms with Gasteiger partial charge >= 0.3 is 0 Å². The first-order valence-electron chi connectivity index (χ1n) is 5.77. The average Bonchev–Trinajstić information content (AvgIpc) is 2.66. The lowest BCUT2D eigenvalue weighted by Crippen LogP contribution is -2.11. The monoisotopic (exact) mass is 219 g/mol. The molecule has 0 atom stereocenters. The number of hydrogen-bond acceptors (Lipinski definition) is 3. The fraction of sp³-hybridized carbons (Fsp3) is 0.583. The zero-order valence-electron chi connectivity index (χ0n) is 9.81. The van der Waals surface area contributed by atoms with E-state index < -0.39 is 0 Å². The predicted molar refractivity (Wildman–Crippen MR) is 61.1 cm³/mol. The van der Waals surface area contributed by atoms with Crippen LogP contribution >= 0.6 is 0 Å². The standard InChI is InChI=1S/C12H17N3O/c1-9(2)15-12(13-8-14-15)7-10-4-3-5-11(16)6-10/h6,8-9H,3-5,7H2,1-2H3. The molecule has 0 bridgehead atoms. The van der Waals surface area contributed by atoms with Gasteiger partial charge in [0.1, 0.15) is 12.2 Å².